The molecule has 0 saturated carbocycles. The molecule has 1 rings (SSSR count). The van der Waals surface area contributed by atoms with Gasteiger partial charge in [-0.15, -0.1) is 0 Å². The van der Waals surface area contributed by atoms with Gasteiger partial charge in [0.1, 0.15) is 0 Å². The van der Waals surface area contributed by atoms with Gasteiger partial charge in [0.15, 0.2) is 0 Å². The Bertz CT molecular complexity index is 235. The lowest BCUT2D eigenvalue weighted by atomic mass is 9.97. The monoisotopic (exact) mass is 257 g/mol. The van der Waals surface area contributed by atoms with E-state index in [0.29, 0.717) is 6.04 Å². The summed E-state index contributed by atoms with van der Waals surface area (Å²) in [6.45, 7) is 12.4. The van der Waals surface area contributed by atoms with Gasteiger partial charge < -0.3 is 20.2 Å². The fraction of sp³-hybridized carbons (Fsp3) is 1.00. The van der Waals surface area contributed by atoms with Crippen LogP contribution in [-0.4, -0.2) is 72.9 Å². The molecule has 1 atom stereocenters. The first-order valence-corrected chi connectivity index (χ1v) is 7.25. The molecule has 4 heteroatoms. The summed E-state index contributed by atoms with van der Waals surface area (Å²) in [5.74, 6) is 0. The van der Waals surface area contributed by atoms with Crippen LogP contribution in [0.1, 0.15) is 33.6 Å². The fourth-order valence-electron chi connectivity index (χ4n) is 2.62. The van der Waals surface area contributed by atoms with E-state index in [2.05, 4.69) is 42.9 Å². The van der Waals surface area contributed by atoms with E-state index in [-0.39, 0.29) is 12.1 Å². The minimum atomic E-state index is -0.146. The molecule has 1 unspecified atom stereocenters. The Hall–Kier alpha value is -0.160. The molecule has 4 nitrogen and oxygen atoms in total. The van der Waals surface area contributed by atoms with E-state index in [1.165, 1.54) is 19.5 Å². The highest BCUT2D eigenvalue weighted by atomic mass is 16.3. The van der Waals surface area contributed by atoms with Gasteiger partial charge in [-0.1, -0.05) is 13.8 Å². The third-order valence-corrected chi connectivity index (χ3v) is 3.78. The minimum Gasteiger partial charge on any atom is -0.394 e. The van der Waals surface area contributed by atoms with Crippen molar-refractivity contribution in [1.82, 2.24) is 15.1 Å². The lowest BCUT2D eigenvalue weighted by Gasteiger charge is -2.33. The van der Waals surface area contributed by atoms with E-state index in [9.17, 15) is 5.11 Å². The molecule has 1 aliphatic heterocycles. The van der Waals surface area contributed by atoms with Crippen LogP contribution in [0.4, 0.5) is 0 Å². The second kappa shape index (κ2) is 7.43. The van der Waals surface area contributed by atoms with Gasteiger partial charge in [-0.05, 0) is 39.9 Å². The number of aliphatic hydroxyl groups is 1. The molecular weight excluding hydrogens is 226 g/mol. The third kappa shape index (κ3) is 5.65. The molecular formula is C14H31N3O. The predicted molar refractivity (Wildman–Crippen MR) is 76.9 cm³/mol. The van der Waals surface area contributed by atoms with E-state index in [1.807, 2.05) is 0 Å². The normalized spacial score (nSPS) is 23.0. The van der Waals surface area contributed by atoms with Crippen molar-refractivity contribution in [2.75, 3.05) is 46.4 Å². The van der Waals surface area contributed by atoms with Crippen molar-refractivity contribution in [2.24, 2.45) is 0 Å². The van der Waals surface area contributed by atoms with Gasteiger partial charge in [0, 0.05) is 31.2 Å². The van der Waals surface area contributed by atoms with Crippen molar-refractivity contribution in [2.45, 2.75) is 45.2 Å². The summed E-state index contributed by atoms with van der Waals surface area (Å²) in [6, 6.07) is 0.414. The first kappa shape index (κ1) is 15.9. The smallest absolute Gasteiger partial charge is 0.0611 e. The van der Waals surface area contributed by atoms with Crippen LogP contribution in [-0.2, 0) is 0 Å². The molecule has 18 heavy (non-hydrogen) atoms. The standard InChI is InChI=1S/C14H31N3O/c1-13(2)15-14(3,12-18)6-9-17-8-5-7-16(4)10-11-17/h13,15,18H,5-12H2,1-4H3. The Morgan fingerprint density at radius 1 is 1.22 bits per heavy atom. The maximum absolute atomic E-state index is 9.57. The number of nitrogens with one attached hydrogen (secondary N) is 1. The molecule has 1 fully saturated rings. The average molecular weight is 257 g/mol. The molecule has 2 N–H and O–H groups in total. The first-order chi connectivity index (χ1) is 8.45. The highest BCUT2D eigenvalue weighted by Crippen LogP contribution is 2.12. The SMILES string of the molecule is CC(C)NC(C)(CO)CCN1CCCN(C)CC1. The highest BCUT2D eigenvalue weighted by Gasteiger charge is 2.25. The van der Waals surface area contributed by atoms with Gasteiger partial charge in [0.05, 0.1) is 6.61 Å². The summed E-state index contributed by atoms with van der Waals surface area (Å²) in [6.07, 6.45) is 2.26. The van der Waals surface area contributed by atoms with Crippen molar-refractivity contribution in [3.63, 3.8) is 0 Å². The van der Waals surface area contributed by atoms with Crippen molar-refractivity contribution in [3.05, 3.63) is 0 Å². The Morgan fingerprint density at radius 2 is 1.94 bits per heavy atom. The average Bonchev–Trinajstić information content (AvgIpc) is 2.51. The summed E-state index contributed by atoms with van der Waals surface area (Å²) in [7, 11) is 2.20. The highest BCUT2D eigenvalue weighted by molar-refractivity contribution is 4.85. The molecule has 1 aliphatic rings. The van der Waals surface area contributed by atoms with E-state index >= 15 is 0 Å². The zero-order valence-electron chi connectivity index (χ0n) is 12.6. The molecule has 0 amide bonds. The summed E-state index contributed by atoms with van der Waals surface area (Å²) >= 11 is 0. The Balaban J connectivity index is 2.37. The molecule has 0 spiro atoms. The minimum absolute atomic E-state index is 0.146. The maximum atomic E-state index is 9.57. The van der Waals surface area contributed by atoms with E-state index < -0.39 is 0 Å². The van der Waals surface area contributed by atoms with Crippen LogP contribution in [0, 0.1) is 0 Å². The zero-order chi connectivity index (χ0) is 13.6. The van der Waals surface area contributed by atoms with Gasteiger partial charge in [-0.3, -0.25) is 0 Å². The first-order valence-electron chi connectivity index (χ1n) is 7.25. The number of hydrogen-bond acceptors (Lipinski definition) is 4. The largest absolute Gasteiger partial charge is 0.394 e. The summed E-state index contributed by atoms with van der Waals surface area (Å²) < 4.78 is 0. The molecule has 0 aromatic carbocycles. The summed E-state index contributed by atoms with van der Waals surface area (Å²) in [5.41, 5.74) is -0.146. The van der Waals surface area contributed by atoms with Crippen LogP contribution in [0.15, 0.2) is 0 Å². The van der Waals surface area contributed by atoms with Crippen LogP contribution in [0.3, 0.4) is 0 Å². The van der Waals surface area contributed by atoms with E-state index in [1.54, 1.807) is 0 Å². The van der Waals surface area contributed by atoms with Crippen molar-refractivity contribution >= 4 is 0 Å². The Morgan fingerprint density at radius 3 is 2.56 bits per heavy atom. The second-order valence-electron chi connectivity index (χ2n) is 6.27. The van der Waals surface area contributed by atoms with E-state index in [0.717, 1.165) is 26.1 Å². The zero-order valence-corrected chi connectivity index (χ0v) is 12.6. The van der Waals surface area contributed by atoms with Gasteiger partial charge in [0.25, 0.3) is 0 Å². The molecule has 0 aliphatic carbocycles. The Labute approximate surface area is 112 Å². The van der Waals surface area contributed by atoms with Crippen LogP contribution >= 0.6 is 0 Å². The van der Waals surface area contributed by atoms with Gasteiger partial charge in [-0.25, -0.2) is 0 Å². The van der Waals surface area contributed by atoms with Crippen molar-refractivity contribution in [3.8, 4) is 0 Å². The van der Waals surface area contributed by atoms with Crippen molar-refractivity contribution in [1.29, 1.82) is 0 Å². The number of aliphatic hydroxyl groups excluding tert-OH is 1. The van der Waals surface area contributed by atoms with Crippen molar-refractivity contribution < 1.29 is 5.11 Å². The molecule has 0 aromatic rings. The second-order valence-corrected chi connectivity index (χ2v) is 6.27. The molecule has 0 aromatic heterocycles. The van der Waals surface area contributed by atoms with E-state index in [4.69, 9.17) is 0 Å². The lowest BCUT2D eigenvalue weighted by molar-refractivity contribution is 0.138. The topological polar surface area (TPSA) is 38.7 Å². The number of rotatable bonds is 6. The maximum Gasteiger partial charge on any atom is 0.0611 e. The number of likely N-dealkylation sites (N-methyl/N-ethyl adjacent to an activating group) is 1. The molecule has 1 saturated heterocycles. The molecule has 1 heterocycles. The predicted octanol–water partition coefficient (Wildman–Crippen LogP) is 0.763. The summed E-state index contributed by atoms with van der Waals surface area (Å²) in [4.78, 5) is 4.93. The van der Waals surface area contributed by atoms with Gasteiger partial charge in [-0.2, -0.15) is 0 Å². The summed E-state index contributed by atoms with van der Waals surface area (Å²) in [5, 5.41) is 13.1. The third-order valence-electron chi connectivity index (χ3n) is 3.78. The Kier molecular flexibility index (Phi) is 6.57. The van der Waals surface area contributed by atoms with Crippen LogP contribution in [0.5, 0.6) is 0 Å². The molecule has 0 radical (unpaired) electrons. The number of nitrogens with zero attached hydrogens (tertiary/aromatic N) is 2. The van der Waals surface area contributed by atoms with Crippen LogP contribution < -0.4 is 5.32 Å². The fourth-order valence-corrected chi connectivity index (χ4v) is 2.62. The van der Waals surface area contributed by atoms with Gasteiger partial charge >= 0.3 is 0 Å². The quantitative estimate of drug-likeness (QED) is 0.737. The van der Waals surface area contributed by atoms with Gasteiger partial charge in [0.2, 0.25) is 0 Å². The molecule has 108 valence electrons. The van der Waals surface area contributed by atoms with Crippen LogP contribution in [0.2, 0.25) is 0 Å². The van der Waals surface area contributed by atoms with Crippen LogP contribution in [0.25, 0.3) is 0 Å². The lowest BCUT2D eigenvalue weighted by Crippen LogP contribution is -2.51. The molecule has 0 bridgehead atoms. The number of hydrogen-bond donors (Lipinski definition) is 2.